The third-order valence-corrected chi connectivity index (χ3v) is 3.78. The molecule has 16 heavy (non-hydrogen) atoms. The van der Waals surface area contributed by atoms with Gasteiger partial charge in [0, 0.05) is 25.1 Å². The molecule has 2 rings (SSSR count). The van der Waals surface area contributed by atoms with Gasteiger partial charge in [-0.05, 0) is 12.8 Å². The number of nitrogens with one attached hydrogen (secondary N) is 1. The predicted molar refractivity (Wildman–Crippen MR) is 66.0 cm³/mol. The molecule has 0 amide bonds. The van der Waals surface area contributed by atoms with Gasteiger partial charge in [-0.25, -0.2) is 4.98 Å². The smallest absolute Gasteiger partial charge is 0.202 e. The van der Waals surface area contributed by atoms with Crippen molar-refractivity contribution in [2.45, 2.75) is 51.2 Å². The van der Waals surface area contributed by atoms with Crippen LogP contribution in [0.4, 0.5) is 5.13 Å². The minimum absolute atomic E-state index is 0.322. The number of aromatic nitrogens is 2. The zero-order valence-electron chi connectivity index (χ0n) is 9.90. The molecule has 1 N–H and O–H groups in total. The minimum atomic E-state index is 0.322. The van der Waals surface area contributed by atoms with Crippen molar-refractivity contribution < 1.29 is 4.74 Å². The first kappa shape index (κ1) is 11.8. The van der Waals surface area contributed by atoms with Crippen molar-refractivity contribution in [3.05, 3.63) is 5.82 Å². The summed E-state index contributed by atoms with van der Waals surface area (Å²) in [7, 11) is 1.79. The highest BCUT2D eigenvalue weighted by Gasteiger charge is 2.25. The van der Waals surface area contributed by atoms with Gasteiger partial charge >= 0.3 is 0 Å². The van der Waals surface area contributed by atoms with Crippen LogP contribution in [-0.4, -0.2) is 28.6 Å². The summed E-state index contributed by atoms with van der Waals surface area (Å²) in [4.78, 5) is 4.43. The van der Waals surface area contributed by atoms with Gasteiger partial charge in [0.25, 0.3) is 0 Å². The molecule has 0 radical (unpaired) electrons. The highest BCUT2D eigenvalue weighted by Crippen LogP contribution is 2.24. The van der Waals surface area contributed by atoms with E-state index >= 15 is 0 Å². The minimum Gasteiger partial charge on any atom is -0.379 e. The lowest BCUT2D eigenvalue weighted by atomic mass is 9.92. The molecule has 1 saturated carbocycles. The van der Waals surface area contributed by atoms with E-state index in [1.54, 1.807) is 7.11 Å². The third kappa shape index (κ3) is 2.71. The van der Waals surface area contributed by atoms with E-state index < -0.39 is 0 Å². The first-order chi connectivity index (χ1) is 7.83. The van der Waals surface area contributed by atoms with Gasteiger partial charge in [0.05, 0.1) is 12.1 Å². The number of anilines is 1. The van der Waals surface area contributed by atoms with Crippen molar-refractivity contribution in [2.24, 2.45) is 0 Å². The first-order valence-corrected chi connectivity index (χ1v) is 6.72. The van der Waals surface area contributed by atoms with Crippen LogP contribution in [-0.2, 0) is 11.2 Å². The van der Waals surface area contributed by atoms with Crippen molar-refractivity contribution in [3.63, 3.8) is 0 Å². The van der Waals surface area contributed by atoms with Crippen LogP contribution in [0.2, 0.25) is 0 Å². The second-order valence-electron chi connectivity index (χ2n) is 4.18. The summed E-state index contributed by atoms with van der Waals surface area (Å²) in [6.07, 6.45) is 6.08. The van der Waals surface area contributed by atoms with Gasteiger partial charge in [0.1, 0.15) is 5.82 Å². The number of aryl methyl sites for hydroxylation is 1. The second kappa shape index (κ2) is 5.59. The lowest BCUT2D eigenvalue weighted by molar-refractivity contribution is 0.0606. The van der Waals surface area contributed by atoms with Crippen molar-refractivity contribution in [1.82, 2.24) is 9.36 Å². The standard InChI is InChI=1S/C11H19N3OS/c1-3-10-13-11(16-14-10)12-8-6-4-5-7-9(8)15-2/h8-9H,3-7H2,1-2H3,(H,12,13,14)/t8-,9-/m1/s1. The Labute approximate surface area is 101 Å². The van der Waals surface area contributed by atoms with E-state index in [-0.39, 0.29) is 0 Å². The molecule has 0 spiro atoms. The Morgan fingerprint density at radius 3 is 2.94 bits per heavy atom. The Bertz CT molecular complexity index is 329. The van der Waals surface area contributed by atoms with Crippen LogP contribution >= 0.6 is 11.5 Å². The molecule has 1 aromatic heterocycles. The summed E-state index contributed by atoms with van der Waals surface area (Å²) in [6, 6.07) is 0.399. The molecule has 0 unspecified atom stereocenters. The molecule has 0 bridgehead atoms. The fourth-order valence-electron chi connectivity index (χ4n) is 2.16. The van der Waals surface area contributed by atoms with E-state index in [0.717, 1.165) is 23.8 Å². The van der Waals surface area contributed by atoms with Crippen LogP contribution < -0.4 is 5.32 Å². The normalized spacial score (nSPS) is 25.6. The van der Waals surface area contributed by atoms with Crippen molar-refractivity contribution in [1.29, 1.82) is 0 Å². The molecule has 0 saturated heterocycles. The van der Waals surface area contributed by atoms with Crippen molar-refractivity contribution in [3.8, 4) is 0 Å². The molecule has 1 heterocycles. The highest BCUT2D eigenvalue weighted by molar-refractivity contribution is 7.09. The average Bonchev–Trinajstić information content (AvgIpc) is 2.77. The number of rotatable bonds is 4. The van der Waals surface area contributed by atoms with E-state index in [2.05, 4.69) is 21.6 Å². The van der Waals surface area contributed by atoms with Gasteiger partial charge in [-0.1, -0.05) is 19.8 Å². The van der Waals surface area contributed by atoms with Crippen LogP contribution in [0.3, 0.4) is 0 Å². The topological polar surface area (TPSA) is 47.0 Å². The molecule has 1 aliphatic rings. The zero-order valence-corrected chi connectivity index (χ0v) is 10.7. The summed E-state index contributed by atoms with van der Waals surface area (Å²) in [5.41, 5.74) is 0. The Kier molecular flexibility index (Phi) is 4.12. The van der Waals surface area contributed by atoms with E-state index in [9.17, 15) is 0 Å². The number of hydrogen-bond donors (Lipinski definition) is 1. The maximum atomic E-state index is 5.50. The molecule has 0 aromatic carbocycles. The monoisotopic (exact) mass is 241 g/mol. The fraction of sp³-hybridized carbons (Fsp3) is 0.818. The van der Waals surface area contributed by atoms with Crippen LogP contribution in [0.15, 0.2) is 0 Å². The maximum absolute atomic E-state index is 5.50. The molecular formula is C11H19N3OS. The van der Waals surface area contributed by atoms with Gasteiger partial charge < -0.3 is 10.1 Å². The number of methoxy groups -OCH3 is 1. The molecule has 1 aromatic rings. The number of nitrogens with zero attached hydrogens (tertiary/aromatic N) is 2. The van der Waals surface area contributed by atoms with Crippen molar-refractivity contribution in [2.75, 3.05) is 12.4 Å². The highest BCUT2D eigenvalue weighted by atomic mass is 32.1. The first-order valence-electron chi connectivity index (χ1n) is 5.95. The Morgan fingerprint density at radius 1 is 1.44 bits per heavy atom. The van der Waals surface area contributed by atoms with E-state index in [0.29, 0.717) is 12.1 Å². The summed E-state index contributed by atoms with van der Waals surface area (Å²) < 4.78 is 9.78. The van der Waals surface area contributed by atoms with Gasteiger partial charge in [0.2, 0.25) is 5.13 Å². The SMILES string of the molecule is CCc1nsc(N[C@@H]2CCCC[C@H]2OC)n1. The molecule has 1 fully saturated rings. The van der Waals surface area contributed by atoms with Crippen molar-refractivity contribution >= 4 is 16.7 Å². The van der Waals surface area contributed by atoms with Gasteiger partial charge in [-0.15, -0.1) is 0 Å². The van der Waals surface area contributed by atoms with Gasteiger partial charge in [0.15, 0.2) is 0 Å². The predicted octanol–water partition coefficient (Wildman–Crippen LogP) is 2.47. The third-order valence-electron chi connectivity index (χ3n) is 3.10. The summed E-state index contributed by atoms with van der Waals surface area (Å²) >= 11 is 1.45. The summed E-state index contributed by atoms with van der Waals surface area (Å²) in [5, 5.41) is 4.39. The summed E-state index contributed by atoms with van der Waals surface area (Å²) in [5.74, 6) is 0.928. The number of ether oxygens (including phenoxy) is 1. The lowest BCUT2D eigenvalue weighted by Crippen LogP contribution is -2.37. The Balaban J connectivity index is 1.96. The molecule has 0 aliphatic heterocycles. The second-order valence-corrected chi connectivity index (χ2v) is 4.93. The summed E-state index contributed by atoms with van der Waals surface area (Å²) in [6.45, 7) is 2.07. The molecule has 90 valence electrons. The molecule has 1 aliphatic carbocycles. The van der Waals surface area contributed by atoms with Crippen LogP contribution in [0.5, 0.6) is 0 Å². The lowest BCUT2D eigenvalue weighted by Gasteiger charge is -2.30. The Morgan fingerprint density at radius 2 is 2.25 bits per heavy atom. The van der Waals surface area contributed by atoms with Crippen LogP contribution in [0.1, 0.15) is 38.4 Å². The van der Waals surface area contributed by atoms with Crippen LogP contribution in [0.25, 0.3) is 0 Å². The quantitative estimate of drug-likeness (QED) is 0.879. The zero-order chi connectivity index (χ0) is 11.4. The van der Waals surface area contributed by atoms with Gasteiger partial charge in [-0.3, -0.25) is 0 Å². The average molecular weight is 241 g/mol. The molecule has 5 heteroatoms. The Hall–Kier alpha value is -0.680. The molecule has 2 atom stereocenters. The van der Waals surface area contributed by atoms with E-state index in [4.69, 9.17) is 4.74 Å². The van der Waals surface area contributed by atoms with Crippen LogP contribution in [0, 0.1) is 0 Å². The number of hydrogen-bond acceptors (Lipinski definition) is 5. The van der Waals surface area contributed by atoms with Gasteiger partial charge in [-0.2, -0.15) is 4.37 Å². The van der Waals surface area contributed by atoms with E-state index in [1.807, 2.05) is 0 Å². The fourth-order valence-corrected chi connectivity index (χ4v) is 2.87. The molecular weight excluding hydrogens is 222 g/mol. The largest absolute Gasteiger partial charge is 0.379 e. The maximum Gasteiger partial charge on any atom is 0.202 e. The van der Waals surface area contributed by atoms with E-state index in [1.165, 1.54) is 30.8 Å². The molecule has 4 nitrogen and oxygen atoms in total.